The Hall–Kier alpha value is -0.810. The predicted molar refractivity (Wildman–Crippen MR) is 36.0 cm³/mol. The lowest BCUT2D eigenvalue weighted by molar-refractivity contribution is 0.481. The van der Waals surface area contributed by atoms with E-state index in [-0.39, 0.29) is 5.75 Å². The standard InChI is InChI=1S/C5H7NO3S/c7-10(8,9)4-5-2-1-3-6-5/h1-3,6H,4H2,(H,7,8,9). The van der Waals surface area contributed by atoms with Gasteiger partial charge in [-0.2, -0.15) is 8.42 Å². The third-order valence-corrected chi connectivity index (χ3v) is 1.68. The van der Waals surface area contributed by atoms with Crippen molar-refractivity contribution in [3.05, 3.63) is 24.0 Å². The summed E-state index contributed by atoms with van der Waals surface area (Å²) in [6, 6.07) is 3.26. The van der Waals surface area contributed by atoms with Crippen molar-refractivity contribution >= 4 is 10.1 Å². The minimum atomic E-state index is -3.88. The van der Waals surface area contributed by atoms with Gasteiger partial charge < -0.3 is 4.98 Å². The van der Waals surface area contributed by atoms with Gasteiger partial charge in [0, 0.05) is 11.9 Å². The Kier molecular flexibility index (Phi) is 1.78. The quantitative estimate of drug-likeness (QED) is 0.617. The van der Waals surface area contributed by atoms with Crippen molar-refractivity contribution in [1.82, 2.24) is 4.98 Å². The zero-order valence-corrected chi connectivity index (χ0v) is 5.93. The van der Waals surface area contributed by atoms with E-state index in [1.807, 2.05) is 0 Å². The van der Waals surface area contributed by atoms with Crippen LogP contribution in [0.15, 0.2) is 18.3 Å². The number of hydrogen-bond acceptors (Lipinski definition) is 2. The van der Waals surface area contributed by atoms with E-state index in [0.29, 0.717) is 5.69 Å². The fraction of sp³-hybridized carbons (Fsp3) is 0.200. The molecule has 0 aliphatic rings. The molecule has 0 atom stereocenters. The molecular formula is C5H7NO3S. The molecule has 0 saturated heterocycles. The molecule has 5 heteroatoms. The van der Waals surface area contributed by atoms with E-state index in [4.69, 9.17) is 4.55 Å². The fourth-order valence-electron chi connectivity index (χ4n) is 0.654. The molecule has 10 heavy (non-hydrogen) atoms. The van der Waals surface area contributed by atoms with E-state index < -0.39 is 10.1 Å². The summed E-state index contributed by atoms with van der Waals surface area (Å²) in [4.78, 5) is 2.65. The summed E-state index contributed by atoms with van der Waals surface area (Å²) in [6.07, 6.45) is 1.60. The summed E-state index contributed by atoms with van der Waals surface area (Å²) in [5.74, 6) is -0.347. The predicted octanol–water partition coefficient (Wildman–Crippen LogP) is 0.403. The van der Waals surface area contributed by atoms with Crippen LogP contribution in [0.25, 0.3) is 0 Å². The molecule has 0 spiro atoms. The minimum Gasteiger partial charge on any atom is -0.364 e. The number of hydrogen-bond donors (Lipinski definition) is 2. The van der Waals surface area contributed by atoms with Crippen LogP contribution >= 0.6 is 0 Å². The van der Waals surface area contributed by atoms with E-state index in [9.17, 15) is 8.42 Å². The van der Waals surface area contributed by atoms with Crippen LogP contribution in [0.3, 0.4) is 0 Å². The second-order valence-electron chi connectivity index (χ2n) is 1.92. The van der Waals surface area contributed by atoms with Crippen molar-refractivity contribution in [3.63, 3.8) is 0 Å². The molecule has 1 aromatic heterocycles. The molecule has 4 nitrogen and oxygen atoms in total. The average molecular weight is 161 g/mol. The highest BCUT2D eigenvalue weighted by atomic mass is 32.2. The molecule has 2 N–H and O–H groups in total. The SMILES string of the molecule is O=S(=O)(O)Cc1ccc[nH]1. The molecule has 0 aliphatic heterocycles. The molecule has 0 aromatic carbocycles. The lowest BCUT2D eigenvalue weighted by atomic mass is 10.5. The molecule has 0 unspecified atom stereocenters. The number of rotatable bonds is 2. The molecule has 0 aliphatic carbocycles. The van der Waals surface area contributed by atoms with E-state index in [1.54, 1.807) is 18.3 Å². The molecule has 1 aromatic rings. The molecule has 1 rings (SSSR count). The number of H-pyrrole nitrogens is 1. The van der Waals surface area contributed by atoms with Gasteiger partial charge in [0.25, 0.3) is 10.1 Å². The normalized spacial score (nSPS) is 11.7. The van der Waals surface area contributed by atoms with Crippen molar-refractivity contribution in [3.8, 4) is 0 Å². The molecule has 0 bridgehead atoms. The van der Waals surface area contributed by atoms with E-state index >= 15 is 0 Å². The van der Waals surface area contributed by atoms with Crippen molar-refractivity contribution < 1.29 is 13.0 Å². The maximum Gasteiger partial charge on any atom is 0.270 e. The van der Waals surface area contributed by atoms with Crippen molar-refractivity contribution in [1.29, 1.82) is 0 Å². The van der Waals surface area contributed by atoms with Crippen LogP contribution in [0.4, 0.5) is 0 Å². The van der Waals surface area contributed by atoms with Gasteiger partial charge in [0.2, 0.25) is 0 Å². The smallest absolute Gasteiger partial charge is 0.270 e. The first-order valence-corrected chi connectivity index (χ1v) is 4.26. The number of aromatic nitrogens is 1. The Morgan fingerprint density at radius 2 is 2.30 bits per heavy atom. The molecule has 0 fully saturated rings. The van der Waals surface area contributed by atoms with Gasteiger partial charge in [0.1, 0.15) is 5.75 Å². The highest BCUT2D eigenvalue weighted by Crippen LogP contribution is 1.99. The van der Waals surface area contributed by atoms with Gasteiger partial charge in [0.15, 0.2) is 0 Å². The van der Waals surface area contributed by atoms with E-state index in [2.05, 4.69) is 4.98 Å². The molecule has 0 radical (unpaired) electrons. The summed E-state index contributed by atoms with van der Waals surface area (Å²) < 4.78 is 28.8. The Bertz CT molecular complexity index is 287. The van der Waals surface area contributed by atoms with Crippen LogP contribution < -0.4 is 0 Å². The third-order valence-electron chi connectivity index (χ3n) is 1.00. The van der Waals surface area contributed by atoms with Crippen molar-refractivity contribution in [2.75, 3.05) is 0 Å². The second-order valence-corrected chi connectivity index (χ2v) is 3.37. The highest BCUT2D eigenvalue weighted by molar-refractivity contribution is 7.84. The maximum absolute atomic E-state index is 10.2. The van der Waals surface area contributed by atoms with E-state index in [1.165, 1.54) is 0 Å². The number of nitrogens with one attached hydrogen (secondary N) is 1. The molecule has 0 saturated carbocycles. The second kappa shape index (κ2) is 2.43. The van der Waals surface area contributed by atoms with Crippen LogP contribution in [-0.2, 0) is 15.9 Å². The maximum atomic E-state index is 10.2. The van der Waals surface area contributed by atoms with Crippen LogP contribution in [0.5, 0.6) is 0 Å². The first-order valence-electron chi connectivity index (χ1n) is 2.65. The first-order chi connectivity index (χ1) is 4.58. The van der Waals surface area contributed by atoms with E-state index in [0.717, 1.165) is 0 Å². The topological polar surface area (TPSA) is 70.2 Å². The van der Waals surface area contributed by atoms with Crippen molar-refractivity contribution in [2.45, 2.75) is 5.75 Å². The van der Waals surface area contributed by atoms with Crippen LogP contribution in [0.1, 0.15) is 5.69 Å². The summed E-state index contributed by atoms with van der Waals surface area (Å²) >= 11 is 0. The Balaban J connectivity index is 2.75. The fourth-order valence-corrected chi connectivity index (χ4v) is 1.23. The molecule has 0 amide bonds. The monoisotopic (exact) mass is 161 g/mol. The zero-order valence-electron chi connectivity index (χ0n) is 5.11. The van der Waals surface area contributed by atoms with Gasteiger partial charge in [-0.25, -0.2) is 0 Å². The largest absolute Gasteiger partial charge is 0.364 e. The highest BCUT2D eigenvalue weighted by Gasteiger charge is 2.05. The molecular weight excluding hydrogens is 154 g/mol. The Labute approximate surface area is 58.6 Å². The van der Waals surface area contributed by atoms with Gasteiger partial charge in [-0.1, -0.05) is 0 Å². The lowest BCUT2D eigenvalue weighted by Gasteiger charge is -1.90. The zero-order chi connectivity index (χ0) is 7.61. The summed E-state index contributed by atoms with van der Waals surface area (Å²) in [6.45, 7) is 0. The Morgan fingerprint density at radius 3 is 2.70 bits per heavy atom. The minimum absolute atomic E-state index is 0.347. The van der Waals surface area contributed by atoms with Gasteiger partial charge in [-0.05, 0) is 12.1 Å². The average Bonchev–Trinajstić information content (AvgIpc) is 2.12. The summed E-state index contributed by atoms with van der Waals surface area (Å²) in [5, 5.41) is 0. The van der Waals surface area contributed by atoms with Crippen LogP contribution in [0.2, 0.25) is 0 Å². The third kappa shape index (κ3) is 2.20. The number of aromatic amines is 1. The first kappa shape index (κ1) is 7.30. The Morgan fingerprint density at radius 1 is 1.60 bits per heavy atom. The van der Waals surface area contributed by atoms with Gasteiger partial charge >= 0.3 is 0 Å². The summed E-state index contributed by atoms with van der Waals surface area (Å²) in [7, 11) is -3.88. The van der Waals surface area contributed by atoms with Crippen LogP contribution in [-0.4, -0.2) is 18.0 Å². The van der Waals surface area contributed by atoms with Gasteiger partial charge in [-0.15, -0.1) is 0 Å². The van der Waals surface area contributed by atoms with Gasteiger partial charge in [0.05, 0.1) is 0 Å². The summed E-state index contributed by atoms with van der Waals surface area (Å²) in [5.41, 5.74) is 0.488. The molecule has 56 valence electrons. The van der Waals surface area contributed by atoms with Crippen molar-refractivity contribution in [2.24, 2.45) is 0 Å². The van der Waals surface area contributed by atoms with Crippen LogP contribution in [0, 0.1) is 0 Å². The lowest BCUT2D eigenvalue weighted by Crippen LogP contribution is -2.01. The molecule has 1 heterocycles. The van der Waals surface area contributed by atoms with Gasteiger partial charge in [-0.3, -0.25) is 4.55 Å².